The van der Waals surface area contributed by atoms with Gasteiger partial charge in [-0.05, 0) is 18.2 Å². The third-order valence-corrected chi connectivity index (χ3v) is 3.30. The number of nitrogens with two attached hydrogens (primary N) is 1. The van der Waals surface area contributed by atoms with Gasteiger partial charge in [0.25, 0.3) is 0 Å². The minimum atomic E-state index is -0.381. The van der Waals surface area contributed by atoms with Crippen molar-refractivity contribution >= 4 is 17.4 Å². The number of benzene rings is 2. The summed E-state index contributed by atoms with van der Waals surface area (Å²) in [6.45, 7) is 0. The van der Waals surface area contributed by atoms with Gasteiger partial charge in [-0.15, -0.1) is 0 Å². The van der Waals surface area contributed by atoms with E-state index >= 15 is 0 Å². The van der Waals surface area contributed by atoms with E-state index < -0.39 is 0 Å². The molecule has 1 aromatic heterocycles. The molecular weight excluding hydrogens is 277 g/mol. The molecule has 100 valence electrons. The van der Waals surface area contributed by atoms with Gasteiger partial charge in [0.2, 0.25) is 0 Å². The summed E-state index contributed by atoms with van der Waals surface area (Å²) in [6, 6.07) is 15.3. The Bertz CT molecular complexity index is 767. The highest BCUT2D eigenvalue weighted by atomic mass is 35.5. The van der Waals surface area contributed by atoms with Gasteiger partial charge in [0.1, 0.15) is 17.3 Å². The lowest BCUT2D eigenvalue weighted by atomic mass is 10.1. The van der Waals surface area contributed by atoms with E-state index in [0.717, 1.165) is 5.56 Å². The quantitative estimate of drug-likeness (QED) is 0.776. The van der Waals surface area contributed by atoms with Crippen LogP contribution in [0.25, 0.3) is 16.9 Å². The average Bonchev–Trinajstić information content (AvgIpc) is 2.81. The SMILES string of the molecule is Nc1cc(-c2ccccc2Cl)nn1-c1ccccc1F. The van der Waals surface area contributed by atoms with E-state index in [-0.39, 0.29) is 5.82 Å². The summed E-state index contributed by atoms with van der Waals surface area (Å²) in [5.74, 6) is -0.0296. The fourth-order valence-electron chi connectivity index (χ4n) is 2.01. The lowest BCUT2D eigenvalue weighted by molar-refractivity contribution is 0.612. The minimum Gasteiger partial charge on any atom is -0.384 e. The molecule has 2 aromatic carbocycles. The predicted molar refractivity (Wildman–Crippen MR) is 78.4 cm³/mol. The molecular formula is C15H11ClFN3. The van der Waals surface area contributed by atoms with Crippen LogP contribution >= 0.6 is 11.6 Å². The van der Waals surface area contributed by atoms with Gasteiger partial charge in [-0.1, -0.05) is 41.9 Å². The molecule has 3 rings (SSSR count). The first-order chi connectivity index (χ1) is 9.66. The maximum atomic E-state index is 13.8. The van der Waals surface area contributed by atoms with Gasteiger partial charge in [0.05, 0.1) is 10.7 Å². The minimum absolute atomic E-state index is 0.309. The van der Waals surface area contributed by atoms with Crippen molar-refractivity contribution in [3.05, 3.63) is 65.4 Å². The Morgan fingerprint density at radius 3 is 2.50 bits per heavy atom. The van der Waals surface area contributed by atoms with Gasteiger partial charge in [0.15, 0.2) is 0 Å². The molecule has 1 heterocycles. The van der Waals surface area contributed by atoms with E-state index in [1.165, 1.54) is 10.7 Å². The van der Waals surface area contributed by atoms with Crippen molar-refractivity contribution in [1.82, 2.24) is 9.78 Å². The fourth-order valence-corrected chi connectivity index (χ4v) is 2.25. The Balaban J connectivity index is 2.13. The summed E-state index contributed by atoms with van der Waals surface area (Å²) in [4.78, 5) is 0. The van der Waals surface area contributed by atoms with Crippen molar-refractivity contribution in [2.75, 3.05) is 5.73 Å². The van der Waals surface area contributed by atoms with Crippen LogP contribution in [-0.2, 0) is 0 Å². The number of hydrogen-bond acceptors (Lipinski definition) is 2. The van der Waals surface area contributed by atoms with Crippen LogP contribution in [0.2, 0.25) is 5.02 Å². The van der Waals surface area contributed by atoms with E-state index in [2.05, 4.69) is 5.10 Å². The molecule has 0 bridgehead atoms. The van der Waals surface area contributed by atoms with Crippen LogP contribution in [0.15, 0.2) is 54.6 Å². The molecule has 0 aliphatic carbocycles. The fraction of sp³-hybridized carbons (Fsp3) is 0. The summed E-state index contributed by atoms with van der Waals surface area (Å²) >= 11 is 6.13. The van der Waals surface area contributed by atoms with E-state index in [4.69, 9.17) is 17.3 Å². The summed E-state index contributed by atoms with van der Waals surface area (Å²) in [7, 11) is 0. The molecule has 0 radical (unpaired) electrons. The molecule has 0 aliphatic heterocycles. The summed E-state index contributed by atoms with van der Waals surface area (Å²) in [5, 5.41) is 4.91. The zero-order valence-corrected chi connectivity index (χ0v) is 11.2. The average molecular weight is 288 g/mol. The predicted octanol–water partition coefficient (Wildman–Crippen LogP) is 3.91. The Labute approximate surface area is 120 Å². The van der Waals surface area contributed by atoms with Gasteiger partial charge < -0.3 is 5.73 Å². The summed E-state index contributed by atoms with van der Waals surface area (Å²) in [6.07, 6.45) is 0. The summed E-state index contributed by atoms with van der Waals surface area (Å²) < 4.78 is 15.2. The van der Waals surface area contributed by atoms with Crippen LogP contribution in [0.5, 0.6) is 0 Å². The molecule has 0 aliphatic rings. The molecule has 3 aromatic rings. The molecule has 2 N–H and O–H groups in total. The molecule has 5 heteroatoms. The number of rotatable bonds is 2. The Morgan fingerprint density at radius 2 is 1.75 bits per heavy atom. The third-order valence-electron chi connectivity index (χ3n) is 2.97. The molecule has 0 spiro atoms. The molecule has 20 heavy (non-hydrogen) atoms. The number of halogens is 2. The zero-order valence-electron chi connectivity index (χ0n) is 10.4. The van der Waals surface area contributed by atoms with Gasteiger partial charge in [-0.2, -0.15) is 5.10 Å². The highest BCUT2D eigenvalue weighted by molar-refractivity contribution is 6.33. The highest BCUT2D eigenvalue weighted by Gasteiger charge is 2.13. The molecule has 0 saturated heterocycles. The van der Waals surface area contributed by atoms with Crippen LogP contribution < -0.4 is 5.73 Å². The van der Waals surface area contributed by atoms with Crippen molar-refractivity contribution in [2.45, 2.75) is 0 Å². The first kappa shape index (κ1) is 12.7. The number of para-hydroxylation sites is 1. The Kier molecular flexibility index (Phi) is 3.16. The number of nitrogen functional groups attached to an aromatic ring is 1. The number of aromatic nitrogens is 2. The van der Waals surface area contributed by atoms with Crippen LogP contribution in [0.4, 0.5) is 10.2 Å². The van der Waals surface area contributed by atoms with Crippen molar-refractivity contribution in [2.24, 2.45) is 0 Å². The molecule has 0 unspecified atom stereocenters. The van der Waals surface area contributed by atoms with Crippen LogP contribution in [-0.4, -0.2) is 9.78 Å². The Morgan fingerprint density at radius 1 is 1.05 bits per heavy atom. The number of hydrogen-bond donors (Lipinski definition) is 1. The van der Waals surface area contributed by atoms with Crippen molar-refractivity contribution in [3.63, 3.8) is 0 Å². The summed E-state index contributed by atoms with van der Waals surface area (Å²) in [5.41, 5.74) is 7.60. The molecule has 0 saturated carbocycles. The normalized spacial score (nSPS) is 10.7. The van der Waals surface area contributed by atoms with E-state index in [1.54, 1.807) is 30.3 Å². The largest absolute Gasteiger partial charge is 0.384 e. The zero-order chi connectivity index (χ0) is 14.1. The van der Waals surface area contributed by atoms with Gasteiger partial charge in [-0.25, -0.2) is 9.07 Å². The van der Waals surface area contributed by atoms with Crippen LogP contribution in [0, 0.1) is 5.82 Å². The second-order valence-corrected chi connectivity index (χ2v) is 4.70. The number of nitrogens with zero attached hydrogens (tertiary/aromatic N) is 2. The lowest BCUT2D eigenvalue weighted by Crippen LogP contribution is -2.03. The lowest BCUT2D eigenvalue weighted by Gasteiger charge is -2.04. The van der Waals surface area contributed by atoms with Gasteiger partial charge in [-0.3, -0.25) is 0 Å². The van der Waals surface area contributed by atoms with E-state index in [0.29, 0.717) is 22.2 Å². The standard InChI is InChI=1S/C15H11ClFN3/c16-11-6-2-1-5-10(11)13-9-15(18)20(19-13)14-8-4-3-7-12(14)17/h1-9H,18H2. The topological polar surface area (TPSA) is 43.8 Å². The smallest absolute Gasteiger partial charge is 0.148 e. The number of anilines is 1. The third kappa shape index (κ3) is 2.14. The maximum absolute atomic E-state index is 13.8. The first-order valence-electron chi connectivity index (χ1n) is 6.02. The van der Waals surface area contributed by atoms with Crippen LogP contribution in [0.1, 0.15) is 0 Å². The van der Waals surface area contributed by atoms with Gasteiger partial charge in [0, 0.05) is 11.6 Å². The molecule has 0 atom stereocenters. The maximum Gasteiger partial charge on any atom is 0.148 e. The monoisotopic (exact) mass is 287 g/mol. The van der Waals surface area contributed by atoms with E-state index in [1.807, 2.05) is 18.2 Å². The van der Waals surface area contributed by atoms with Crippen molar-refractivity contribution < 1.29 is 4.39 Å². The van der Waals surface area contributed by atoms with Gasteiger partial charge >= 0.3 is 0 Å². The Hall–Kier alpha value is -2.33. The van der Waals surface area contributed by atoms with Crippen molar-refractivity contribution in [3.8, 4) is 16.9 Å². The van der Waals surface area contributed by atoms with Crippen LogP contribution in [0.3, 0.4) is 0 Å². The first-order valence-corrected chi connectivity index (χ1v) is 6.40. The highest BCUT2D eigenvalue weighted by Crippen LogP contribution is 2.29. The molecule has 0 fully saturated rings. The molecule has 0 amide bonds. The molecule has 3 nitrogen and oxygen atoms in total. The second-order valence-electron chi connectivity index (χ2n) is 4.30. The second kappa shape index (κ2) is 4.98. The van der Waals surface area contributed by atoms with E-state index in [9.17, 15) is 4.39 Å². The van der Waals surface area contributed by atoms with Crippen molar-refractivity contribution in [1.29, 1.82) is 0 Å².